The molecule has 106 valence electrons. The molecule has 0 radical (unpaired) electrons. The summed E-state index contributed by atoms with van der Waals surface area (Å²) in [7, 11) is 0. The maximum Gasteiger partial charge on any atom is 0.168 e. The van der Waals surface area contributed by atoms with Crippen molar-refractivity contribution in [3.63, 3.8) is 0 Å². The number of halogens is 1. The van der Waals surface area contributed by atoms with Crippen molar-refractivity contribution >= 4 is 33.1 Å². The fourth-order valence-electron chi connectivity index (χ4n) is 4.08. The van der Waals surface area contributed by atoms with Gasteiger partial charge in [0.2, 0.25) is 0 Å². The molecule has 0 saturated heterocycles. The fourth-order valence-corrected chi connectivity index (χ4v) is 4.35. The molecule has 4 aliphatic carbocycles. The summed E-state index contributed by atoms with van der Waals surface area (Å²) in [5.41, 5.74) is 1.44. The fraction of sp³-hybridized carbons (Fsp3) is 0.333. The van der Waals surface area contributed by atoms with E-state index in [4.69, 9.17) is 0 Å². The van der Waals surface area contributed by atoms with Gasteiger partial charge in [-0.3, -0.25) is 9.59 Å². The molecule has 0 spiro atoms. The third-order valence-corrected chi connectivity index (χ3v) is 5.62. The average molecular weight is 343 g/mol. The SMILES string of the molecule is O=C1C=C(c2ccc(Br)cc2)C(=O)C2C3C=CC(CC3)C12. The first-order valence-corrected chi connectivity index (χ1v) is 8.18. The van der Waals surface area contributed by atoms with E-state index in [9.17, 15) is 9.59 Å². The van der Waals surface area contributed by atoms with Gasteiger partial charge in [0, 0.05) is 21.9 Å². The molecule has 3 heteroatoms. The Morgan fingerprint density at radius 3 is 2.14 bits per heavy atom. The van der Waals surface area contributed by atoms with E-state index in [1.807, 2.05) is 24.3 Å². The van der Waals surface area contributed by atoms with Crippen LogP contribution in [0.3, 0.4) is 0 Å². The van der Waals surface area contributed by atoms with Gasteiger partial charge in [-0.25, -0.2) is 0 Å². The van der Waals surface area contributed by atoms with Gasteiger partial charge in [0.05, 0.1) is 0 Å². The van der Waals surface area contributed by atoms with Crippen LogP contribution in [-0.2, 0) is 9.59 Å². The van der Waals surface area contributed by atoms with Crippen molar-refractivity contribution in [1.82, 2.24) is 0 Å². The van der Waals surface area contributed by atoms with Gasteiger partial charge in [-0.1, -0.05) is 40.2 Å². The largest absolute Gasteiger partial charge is 0.294 e. The van der Waals surface area contributed by atoms with E-state index in [2.05, 4.69) is 28.1 Å². The molecule has 1 saturated carbocycles. The van der Waals surface area contributed by atoms with E-state index in [0.29, 0.717) is 5.57 Å². The van der Waals surface area contributed by atoms with E-state index in [1.165, 1.54) is 0 Å². The molecule has 4 atom stereocenters. The van der Waals surface area contributed by atoms with Gasteiger partial charge >= 0.3 is 0 Å². The summed E-state index contributed by atoms with van der Waals surface area (Å²) in [6.07, 6.45) is 7.98. The van der Waals surface area contributed by atoms with Gasteiger partial charge in [0.25, 0.3) is 0 Å². The Kier molecular flexibility index (Phi) is 3.00. The zero-order valence-corrected chi connectivity index (χ0v) is 13.0. The van der Waals surface area contributed by atoms with Gasteiger partial charge in [-0.05, 0) is 48.4 Å². The lowest BCUT2D eigenvalue weighted by Gasteiger charge is -2.45. The number of carbonyl (C=O) groups excluding carboxylic acids is 2. The minimum Gasteiger partial charge on any atom is -0.294 e. The molecular formula is C18H15BrO2. The number of fused-ring (bicyclic) bond motifs is 1. The minimum atomic E-state index is -0.134. The van der Waals surface area contributed by atoms with Crippen LogP contribution in [0.2, 0.25) is 0 Å². The number of allylic oxidation sites excluding steroid dienone is 4. The minimum absolute atomic E-state index is 0.111. The first kappa shape index (κ1) is 13.2. The van der Waals surface area contributed by atoms with E-state index in [0.717, 1.165) is 22.9 Å². The van der Waals surface area contributed by atoms with Gasteiger partial charge in [-0.15, -0.1) is 0 Å². The van der Waals surface area contributed by atoms with Crippen LogP contribution in [0.25, 0.3) is 5.57 Å². The highest BCUT2D eigenvalue weighted by Crippen LogP contribution is 2.49. The maximum atomic E-state index is 12.9. The first-order chi connectivity index (χ1) is 10.1. The molecule has 0 N–H and O–H groups in total. The molecule has 0 aromatic heterocycles. The lowest BCUT2D eigenvalue weighted by atomic mass is 9.57. The van der Waals surface area contributed by atoms with Gasteiger partial charge in [0.15, 0.2) is 11.6 Å². The highest BCUT2D eigenvalue weighted by molar-refractivity contribution is 9.10. The summed E-state index contributed by atoms with van der Waals surface area (Å²) >= 11 is 3.40. The van der Waals surface area contributed by atoms with Crippen molar-refractivity contribution in [3.8, 4) is 0 Å². The van der Waals surface area contributed by atoms with Crippen molar-refractivity contribution in [2.75, 3.05) is 0 Å². The average Bonchev–Trinajstić information content (AvgIpc) is 2.52. The van der Waals surface area contributed by atoms with E-state index in [-0.39, 0.29) is 35.2 Å². The number of benzene rings is 1. The van der Waals surface area contributed by atoms with Gasteiger partial charge < -0.3 is 0 Å². The van der Waals surface area contributed by atoms with E-state index >= 15 is 0 Å². The van der Waals surface area contributed by atoms with Gasteiger partial charge in [-0.2, -0.15) is 0 Å². The highest BCUT2D eigenvalue weighted by atomic mass is 79.9. The molecule has 5 rings (SSSR count). The standard InChI is InChI=1S/C18H15BrO2/c19-13-7-5-10(6-8-13)14-9-15(20)16-11-1-3-12(4-2-11)17(16)18(14)21/h1,3,5-9,11-12,16-17H,2,4H2. The van der Waals surface area contributed by atoms with Crippen LogP contribution in [0.15, 0.2) is 47.0 Å². The second-order valence-corrected chi connectivity index (χ2v) is 7.09. The van der Waals surface area contributed by atoms with Crippen molar-refractivity contribution < 1.29 is 9.59 Å². The molecule has 2 nitrogen and oxygen atoms in total. The Labute approximate surface area is 132 Å². The second-order valence-electron chi connectivity index (χ2n) is 6.17. The number of carbonyl (C=O) groups is 2. The number of hydrogen-bond donors (Lipinski definition) is 0. The molecule has 2 bridgehead atoms. The lowest BCUT2D eigenvalue weighted by molar-refractivity contribution is -0.133. The molecular weight excluding hydrogens is 328 g/mol. The van der Waals surface area contributed by atoms with Crippen LogP contribution in [-0.4, -0.2) is 11.6 Å². The summed E-state index contributed by atoms with van der Waals surface area (Å²) in [4.78, 5) is 25.5. The Hall–Kier alpha value is -1.48. The van der Waals surface area contributed by atoms with Crippen molar-refractivity contribution in [2.45, 2.75) is 12.8 Å². The molecule has 0 amide bonds. The molecule has 0 aliphatic heterocycles. The monoisotopic (exact) mass is 342 g/mol. The first-order valence-electron chi connectivity index (χ1n) is 7.39. The Morgan fingerprint density at radius 2 is 1.52 bits per heavy atom. The Morgan fingerprint density at radius 1 is 0.905 bits per heavy atom. The zero-order valence-electron chi connectivity index (χ0n) is 11.5. The molecule has 0 heterocycles. The summed E-state index contributed by atoms with van der Waals surface area (Å²) in [6, 6.07) is 7.62. The number of Topliss-reactive ketones (excluding diaryl/α,β-unsaturated/α-hetero) is 1. The summed E-state index contributed by atoms with van der Waals surface area (Å²) < 4.78 is 0.971. The van der Waals surface area contributed by atoms with Crippen molar-refractivity contribution in [2.24, 2.45) is 23.7 Å². The maximum absolute atomic E-state index is 12.9. The molecule has 4 unspecified atom stereocenters. The van der Waals surface area contributed by atoms with Crippen LogP contribution < -0.4 is 0 Å². The smallest absolute Gasteiger partial charge is 0.168 e. The van der Waals surface area contributed by atoms with Crippen molar-refractivity contribution in [3.05, 3.63) is 52.5 Å². The second kappa shape index (κ2) is 4.77. The molecule has 1 fully saturated rings. The number of rotatable bonds is 1. The number of ketones is 2. The number of hydrogen-bond acceptors (Lipinski definition) is 2. The normalized spacial score (nSPS) is 33.9. The van der Waals surface area contributed by atoms with E-state index < -0.39 is 0 Å². The van der Waals surface area contributed by atoms with Crippen LogP contribution in [0.5, 0.6) is 0 Å². The molecule has 21 heavy (non-hydrogen) atoms. The third kappa shape index (κ3) is 1.98. The van der Waals surface area contributed by atoms with Crippen LogP contribution in [0.4, 0.5) is 0 Å². The van der Waals surface area contributed by atoms with Crippen LogP contribution in [0.1, 0.15) is 18.4 Å². The van der Waals surface area contributed by atoms with E-state index in [1.54, 1.807) is 6.08 Å². The highest BCUT2D eigenvalue weighted by Gasteiger charge is 2.50. The predicted octanol–water partition coefficient (Wildman–Crippen LogP) is 3.81. The zero-order chi connectivity index (χ0) is 14.6. The summed E-state index contributed by atoms with van der Waals surface area (Å²) in [5.74, 6) is 0.553. The Bertz CT molecular complexity index is 684. The van der Waals surface area contributed by atoms with Crippen LogP contribution >= 0.6 is 15.9 Å². The predicted molar refractivity (Wildman–Crippen MR) is 84.5 cm³/mol. The summed E-state index contributed by atoms with van der Waals surface area (Å²) in [6.45, 7) is 0. The molecule has 4 aliphatic rings. The Balaban J connectivity index is 1.78. The quantitative estimate of drug-likeness (QED) is 0.727. The molecule has 1 aromatic carbocycles. The van der Waals surface area contributed by atoms with Crippen molar-refractivity contribution in [1.29, 1.82) is 0 Å². The van der Waals surface area contributed by atoms with Gasteiger partial charge in [0.1, 0.15) is 0 Å². The molecule has 1 aromatic rings. The topological polar surface area (TPSA) is 34.1 Å². The van der Waals surface area contributed by atoms with Crippen LogP contribution in [0, 0.1) is 23.7 Å². The third-order valence-electron chi connectivity index (χ3n) is 5.09. The summed E-state index contributed by atoms with van der Waals surface area (Å²) in [5, 5.41) is 0. The lowest BCUT2D eigenvalue weighted by Crippen LogP contribution is -2.47.